The molecule has 0 spiro atoms. The Morgan fingerprint density at radius 1 is 1.39 bits per heavy atom. The first kappa shape index (κ1) is 18.9. The summed E-state index contributed by atoms with van der Waals surface area (Å²) in [6.45, 7) is 4.84. The molecule has 2 aromatic heterocycles. The van der Waals surface area contributed by atoms with Gasteiger partial charge in [-0.3, -0.25) is 9.59 Å². The zero-order valence-electron chi connectivity index (χ0n) is 15.7. The van der Waals surface area contributed by atoms with Crippen LogP contribution in [0.25, 0.3) is 10.1 Å². The van der Waals surface area contributed by atoms with Crippen LogP contribution in [-0.2, 0) is 11.4 Å². The fraction of sp³-hybridized carbons (Fsp3) is 0.350. The third-order valence-electron chi connectivity index (χ3n) is 4.87. The van der Waals surface area contributed by atoms with Crippen LogP contribution in [0.5, 0.6) is 5.75 Å². The summed E-state index contributed by atoms with van der Waals surface area (Å²) in [5.41, 5.74) is 3.48. The van der Waals surface area contributed by atoms with Crippen LogP contribution in [-0.4, -0.2) is 29.4 Å². The standard InChI is InChI=1S/C20H21N3O3S2/c1-11-17(27-10-22-11)9-26-14-4-5-16-15(7-14)19(12(2)28-16)20(25)21-8-13-3-6-18(24)23-13/h4-5,7,10,13H,3,6,8-9H2,1-2H3,(H,21,25)(H,23,24). The Morgan fingerprint density at radius 3 is 2.96 bits per heavy atom. The number of carbonyl (C=O) groups is 2. The van der Waals surface area contributed by atoms with E-state index >= 15 is 0 Å². The van der Waals surface area contributed by atoms with E-state index in [1.165, 1.54) is 0 Å². The Hall–Kier alpha value is -2.45. The third kappa shape index (κ3) is 3.88. The van der Waals surface area contributed by atoms with E-state index in [1.807, 2.05) is 37.6 Å². The van der Waals surface area contributed by atoms with Crippen LogP contribution in [0.3, 0.4) is 0 Å². The van der Waals surface area contributed by atoms with E-state index in [0.29, 0.717) is 25.1 Å². The maximum absolute atomic E-state index is 12.8. The summed E-state index contributed by atoms with van der Waals surface area (Å²) in [4.78, 5) is 30.4. The van der Waals surface area contributed by atoms with Crippen molar-refractivity contribution in [2.75, 3.05) is 6.54 Å². The van der Waals surface area contributed by atoms with Crippen LogP contribution in [0.15, 0.2) is 23.7 Å². The van der Waals surface area contributed by atoms with Gasteiger partial charge in [0.05, 0.1) is 21.6 Å². The number of hydrogen-bond donors (Lipinski definition) is 2. The van der Waals surface area contributed by atoms with Crippen molar-refractivity contribution in [2.24, 2.45) is 0 Å². The van der Waals surface area contributed by atoms with Gasteiger partial charge in [-0.15, -0.1) is 22.7 Å². The second kappa shape index (κ2) is 7.89. The minimum Gasteiger partial charge on any atom is -0.488 e. The summed E-state index contributed by atoms with van der Waals surface area (Å²) in [5.74, 6) is 0.671. The number of amides is 2. The number of benzene rings is 1. The maximum Gasteiger partial charge on any atom is 0.253 e. The van der Waals surface area contributed by atoms with Gasteiger partial charge in [0.1, 0.15) is 12.4 Å². The maximum atomic E-state index is 12.8. The van der Waals surface area contributed by atoms with E-state index in [0.717, 1.165) is 37.7 Å². The molecular formula is C20H21N3O3S2. The molecular weight excluding hydrogens is 394 g/mol. The van der Waals surface area contributed by atoms with Crippen LogP contribution in [0.1, 0.15) is 38.6 Å². The van der Waals surface area contributed by atoms with Crippen molar-refractivity contribution in [3.8, 4) is 5.75 Å². The van der Waals surface area contributed by atoms with Gasteiger partial charge in [-0.1, -0.05) is 0 Å². The Morgan fingerprint density at radius 2 is 2.25 bits per heavy atom. The molecule has 0 aliphatic carbocycles. The number of rotatable bonds is 6. The highest BCUT2D eigenvalue weighted by Crippen LogP contribution is 2.34. The molecule has 1 saturated heterocycles. The molecule has 0 saturated carbocycles. The zero-order valence-corrected chi connectivity index (χ0v) is 17.3. The van der Waals surface area contributed by atoms with Gasteiger partial charge in [-0.05, 0) is 38.5 Å². The topological polar surface area (TPSA) is 80.3 Å². The summed E-state index contributed by atoms with van der Waals surface area (Å²) >= 11 is 3.17. The van der Waals surface area contributed by atoms with Gasteiger partial charge in [0.25, 0.3) is 5.91 Å². The number of aromatic nitrogens is 1. The molecule has 1 fully saturated rings. The lowest BCUT2D eigenvalue weighted by atomic mass is 10.1. The highest BCUT2D eigenvalue weighted by Gasteiger charge is 2.23. The number of ether oxygens (including phenoxy) is 1. The van der Waals surface area contributed by atoms with Crippen molar-refractivity contribution >= 4 is 44.6 Å². The molecule has 28 heavy (non-hydrogen) atoms. The fourth-order valence-electron chi connectivity index (χ4n) is 3.32. The fourth-order valence-corrected chi connectivity index (χ4v) is 5.05. The van der Waals surface area contributed by atoms with Crippen LogP contribution >= 0.6 is 22.7 Å². The van der Waals surface area contributed by atoms with E-state index in [9.17, 15) is 9.59 Å². The predicted octanol–water partition coefficient (Wildman–Crippen LogP) is 3.56. The Bertz CT molecular complexity index is 1040. The van der Waals surface area contributed by atoms with Crippen LogP contribution in [0.4, 0.5) is 0 Å². The number of hydrogen-bond acceptors (Lipinski definition) is 6. The van der Waals surface area contributed by atoms with Crippen molar-refractivity contribution in [1.82, 2.24) is 15.6 Å². The molecule has 1 unspecified atom stereocenters. The molecule has 146 valence electrons. The summed E-state index contributed by atoms with van der Waals surface area (Å²) in [6.07, 6.45) is 1.29. The summed E-state index contributed by atoms with van der Waals surface area (Å²) in [7, 11) is 0. The summed E-state index contributed by atoms with van der Waals surface area (Å²) in [5, 5.41) is 6.74. The number of aryl methyl sites for hydroxylation is 2. The predicted molar refractivity (Wildman–Crippen MR) is 111 cm³/mol. The van der Waals surface area contributed by atoms with Crippen LogP contribution in [0.2, 0.25) is 0 Å². The first-order valence-electron chi connectivity index (χ1n) is 9.13. The monoisotopic (exact) mass is 415 g/mol. The van der Waals surface area contributed by atoms with Gasteiger partial charge in [0, 0.05) is 34.0 Å². The van der Waals surface area contributed by atoms with Crippen molar-refractivity contribution in [3.05, 3.63) is 44.7 Å². The average Bonchev–Trinajstić information content (AvgIpc) is 3.36. The lowest BCUT2D eigenvalue weighted by molar-refractivity contribution is -0.119. The van der Waals surface area contributed by atoms with Gasteiger partial charge >= 0.3 is 0 Å². The first-order valence-corrected chi connectivity index (χ1v) is 10.8. The summed E-state index contributed by atoms with van der Waals surface area (Å²) in [6, 6.07) is 5.88. The first-order chi connectivity index (χ1) is 13.5. The molecule has 0 bridgehead atoms. The minimum atomic E-state index is -0.111. The quantitative estimate of drug-likeness (QED) is 0.645. The molecule has 1 aliphatic rings. The van der Waals surface area contributed by atoms with Crippen LogP contribution in [0, 0.1) is 13.8 Å². The minimum absolute atomic E-state index is 0.0168. The normalized spacial score (nSPS) is 16.4. The molecule has 2 amide bonds. The van der Waals surface area contributed by atoms with Gasteiger partial charge < -0.3 is 15.4 Å². The Kier molecular flexibility index (Phi) is 5.32. The lowest BCUT2D eigenvalue weighted by Gasteiger charge is -2.12. The van der Waals surface area contributed by atoms with E-state index < -0.39 is 0 Å². The Labute approximate surface area is 170 Å². The van der Waals surface area contributed by atoms with E-state index in [2.05, 4.69) is 15.6 Å². The highest BCUT2D eigenvalue weighted by molar-refractivity contribution is 7.19. The van der Waals surface area contributed by atoms with Gasteiger partial charge in [0.2, 0.25) is 5.91 Å². The molecule has 1 aromatic carbocycles. The molecule has 3 aromatic rings. The van der Waals surface area contributed by atoms with E-state index in [-0.39, 0.29) is 17.9 Å². The number of thiophene rings is 1. The smallest absolute Gasteiger partial charge is 0.253 e. The average molecular weight is 416 g/mol. The number of nitrogens with one attached hydrogen (secondary N) is 2. The van der Waals surface area contributed by atoms with E-state index in [4.69, 9.17) is 4.74 Å². The van der Waals surface area contributed by atoms with Crippen molar-refractivity contribution < 1.29 is 14.3 Å². The second-order valence-corrected chi connectivity index (χ2v) is 9.05. The molecule has 6 nitrogen and oxygen atoms in total. The number of nitrogens with zero attached hydrogens (tertiary/aromatic N) is 1. The van der Waals surface area contributed by atoms with Gasteiger partial charge in [-0.2, -0.15) is 0 Å². The largest absolute Gasteiger partial charge is 0.488 e. The zero-order chi connectivity index (χ0) is 19.7. The lowest BCUT2D eigenvalue weighted by Crippen LogP contribution is -2.38. The molecule has 0 radical (unpaired) electrons. The van der Waals surface area contributed by atoms with Gasteiger partial charge in [0.15, 0.2) is 0 Å². The van der Waals surface area contributed by atoms with Crippen molar-refractivity contribution in [2.45, 2.75) is 39.3 Å². The molecule has 3 heterocycles. The molecule has 1 atom stereocenters. The molecule has 4 rings (SSSR count). The van der Waals surface area contributed by atoms with E-state index in [1.54, 1.807) is 22.7 Å². The Balaban J connectivity index is 1.50. The van der Waals surface area contributed by atoms with Crippen molar-refractivity contribution in [3.63, 3.8) is 0 Å². The van der Waals surface area contributed by atoms with Gasteiger partial charge in [-0.25, -0.2) is 4.98 Å². The third-order valence-corrected chi connectivity index (χ3v) is 6.87. The molecule has 8 heteroatoms. The molecule has 1 aliphatic heterocycles. The van der Waals surface area contributed by atoms with Crippen molar-refractivity contribution in [1.29, 1.82) is 0 Å². The SMILES string of the molecule is Cc1ncsc1COc1ccc2sc(C)c(C(=O)NCC3CCC(=O)N3)c2c1. The number of carbonyl (C=O) groups excluding carboxylic acids is 2. The van der Waals surface area contributed by atoms with Crippen LogP contribution < -0.4 is 15.4 Å². The highest BCUT2D eigenvalue weighted by atomic mass is 32.1. The number of thiazole rings is 1. The number of fused-ring (bicyclic) bond motifs is 1. The summed E-state index contributed by atoms with van der Waals surface area (Å²) < 4.78 is 6.99. The second-order valence-electron chi connectivity index (χ2n) is 6.85. The molecule has 2 N–H and O–H groups in total.